The topological polar surface area (TPSA) is 127 Å². The van der Waals surface area contributed by atoms with Crippen molar-refractivity contribution in [2.24, 2.45) is 0 Å². The third kappa shape index (κ3) is 3.67. The summed E-state index contributed by atoms with van der Waals surface area (Å²) in [7, 11) is -3.01. The highest BCUT2D eigenvalue weighted by atomic mass is 32.2. The highest BCUT2D eigenvalue weighted by Gasteiger charge is 2.30. The van der Waals surface area contributed by atoms with E-state index >= 15 is 0 Å². The zero-order chi connectivity index (χ0) is 16.2. The van der Waals surface area contributed by atoms with Gasteiger partial charge in [-0.15, -0.1) is 0 Å². The number of carbonyl (C=O) groups is 1. The number of non-ortho nitro benzene ring substituents is 1. The van der Waals surface area contributed by atoms with Crippen LogP contribution in [0.1, 0.15) is 6.92 Å². The van der Waals surface area contributed by atoms with E-state index in [1.54, 1.807) is 0 Å². The first-order chi connectivity index (χ1) is 9.73. The molecule has 9 nitrogen and oxygen atoms in total. The molecule has 0 aliphatic carbocycles. The Morgan fingerprint density at radius 3 is 2.52 bits per heavy atom. The highest BCUT2D eigenvalue weighted by Crippen LogP contribution is 2.30. The molecule has 1 aromatic rings. The molecule has 10 heteroatoms. The minimum atomic E-state index is -4.22. The Morgan fingerprint density at radius 1 is 1.48 bits per heavy atom. The number of rotatable bonds is 7. The summed E-state index contributed by atoms with van der Waals surface area (Å²) >= 11 is 0. The van der Waals surface area contributed by atoms with Crippen LogP contribution in [0.15, 0.2) is 23.1 Å². The van der Waals surface area contributed by atoms with E-state index in [-0.39, 0.29) is 12.3 Å². The van der Waals surface area contributed by atoms with Gasteiger partial charge in [0.1, 0.15) is 17.2 Å². The Kier molecular flexibility index (Phi) is 5.22. The number of hydrogen-bond donors (Lipinski definition) is 1. The molecular weight excluding hydrogens is 304 g/mol. The van der Waals surface area contributed by atoms with Gasteiger partial charge in [0.15, 0.2) is 0 Å². The number of sulfonamides is 1. The van der Waals surface area contributed by atoms with E-state index < -0.39 is 38.0 Å². The average Bonchev–Trinajstić information content (AvgIpc) is 2.43. The molecule has 0 saturated heterocycles. The average molecular weight is 318 g/mol. The van der Waals surface area contributed by atoms with Crippen molar-refractivity contribution in [1.82, 2.24) is 4.31 Å². The van der Waals surface area contributed by atoms with Crippen molar-refractivity contribution in [3.8, 4) is 5.75 Å². The molecule has 1 aromatic carbocycles. The lowest BCUT2D eigenvalue weighted by Gasteiger charge is -2.19. The third-order valence-corrected chi connectivity index (χ3v) is 4.58. The number of carboxylic acid groups (broad SMARTS) is 1. The molecule has 0 bridgehead atoms. The first-order valence-electron chi connectivity index (χ1n) is 5.78. The fourth-order valence-electron chi connectivity index (χ4n) is 1.64. The maximum absolute atomic E-state index is 12.4. The van der Waals surface area contributed by atoms with Crippen LogP contribution in [-0.4, -0.2) is 48.9 Å². The molecular formula is C11H14N2O7S. The minimum absolute atomic E-state index is 0.0931. The summed E-state index contributed by atoms with van der Waals surface area (Å²) in [5.74, 6) is -1.42. The summed E-state index contributed by atoms with van der Waals surface area (Å²) in [6, 6.07) is 3.10. The number of methoxy groups -OCH3 is 1. The summed E-state index contributed by atoms with van der Waals surface area (Å²) in [6.07, 6.45) is 0. The summed E-state index contributed by atoms with van der Waals surface area (Å²) in [5.41, 5.74) is -0.430. The number of likely N-dealkylation sites (N-methyl/N-ethyl adjacent to an activating group) is 1. The molecule has 116 valence electrons. The Bertz CT molecular complexity index is 657. The normalized spacial score (nSPS) is 11.4. The summed E-state index contributed by atoms with van der Waals surface area (Å²) in [5, 5.41) is 19.5. The molecule has 1 N–H and O–H groups in total. The predicted octanol–water partition coefficient (Wildman–Crippen LogP) is 0.699. The monoisotopic (exact) mass is 318 g/mol. The van der Waals surface area contributed by atoms with Crippen LogP contribution in [0.4, 0.5) is 5.69 Å². The Morgan fingerprint density at radius 2 is 2.10 bits per heavy atom. The van der Waals surface area contributed by atoms with Crippen LogP contribution in [0.2, 0.25) is 0 Å². The Labute approximate surface area is 120 Å². The third-order valence-electron chi connectivity index (χ3n) is 2.64. The van der Waals surface area contributed by atoms with Crippen LogP contribution in [0.25, 0.3) is 0 Å². The highest BCUT2D eigenvalue weighted by molar-refractivity contribution is 7.89. The van der Waals surface area contributed by atoms with Crippen molar-refractivity contribution < 1.29 is 28.0 Å². The zero-order valence-corrected chi connectivity index (χ0v) is 12.2. The van der Waals surface area contributed by atoms with Gasteiger partial charge in [-0.1, -0.05) is 6.92 Å². The van der Waals surface area contributed by atoms with Crippen LogP contribution < -0.4 is 4.74 Å². The SMILES string of the molecule is CCN(CC(=O)O)S(=O)(=O)c1cc([N+](=O)[O-])ccc1OC. The molecule has 0 fully saturated rings. The van der Waals surface area contributed by atoms with Gasteiger partial charge in [-0.3, -0.25) is 14.9 Å². The van der Waals surface area contributed by atoms with E-state index in [2.05, 4.69) is 0 Å². The van der Waals surface area contributed by atoms with Gasteiger partial charge in [-0.25, -0.2) is 8.42 Å². The largest absolute Gasteiger partial charge is 0.495 e. The van der Waals surface area contributed by atoms with Gasteiger partial charge < -0.3 is 9.84 Å². The maximum atomic E-state index is 12.4. The number of nitro groups is 1. The Balaban J connectivity index is 3.43. The van der Waals surface area contributed by atoms with Crippen LogP contribution in [-0.2, 0) is 14.8 Å². The molecule has 0 aliphatic heterocycles. The minimum Gasteiger partial charge on any atom is -0.495 e. The van der Waals surface area contributed by atoms with E-state index in [1.807, 2.05) is 0 Å². The molecule has 0 saturated carbocycles. The van der Waals surface area contributed by atoms with Crippen LogP contribution in [0.3, 0.4) is 0 Å². The quantitative estimate of drug-likeness (QED) is 0.579. The molecule has 0 unspecified atom stereocenters. The van der Waals surface area contributed by atoms with Crippen molar-refractivity contribution in [2.75, 3.05) is 20.2 Å². The van der Waals surface area contributed by atoms with Crippen molar-refractivity contribution in [3.63, 3.8) is 0 Å². The van der Waals surface area contributed by atoms with Gasteiger partial charge in [-0.05, 0) is 6.07 Å². The van der Waals surface area contributed by atoms with E-state index in [1.165, 1.54) is 14.0 Å². The zero-order valence-electron chi connectivity index (χ0n) is 11.3. The standard InChI is InChI=1S/C11H14N2O7S/c1-3-12(7-11(14)15)21(18,19)10-6-8(13(16)17)4-5-9(10)20-2/h4-6H,3,7H2,1-2H3,(H,14,15). The molecule has 0 heterocycles. The second-order valence-corrected chi connectivity index (χ2v) is 5.82. The van der Waals surface area contributed by atoms with Crippen molar-refractivity contribution >= 4 is 21.7 Å². The molecule has 0 atom stereocenters. The number of ether oxygens (including phenoxy) is 1. The fourth-order valence-corrected chi connectivity index (χ4v) is 3.21. The van der Waals surface area contributed by atoms with Crippen LogP contribution in [0.5, 0.6) is 5.75 Å². The van der Waals surface area contributed by atoms with Crippen molar-refractivity contribution in [2.45, 2.75) is 11.8 Å². The van der Waals surface area contributed by atoms with Gasteiger partial charge in [0.2, 0.25) is 10.0 Å². The molecule has 0 radical (unpaired) electrons. The van der Waals surface area contributed by atoms with Crippen molar-refractivity contribution in [3.05, 3.63) is 28.3 Å². The van der Waals surface area contributed by atoms with Crippen molar-refractivity contribution in [1.29, 1.82) is 0 Å². The van der Waals surface area contributed by atoms with Gasteiger partial charge in [0, 0.05) is 18.7 Å². The van der Waals surface area contributed by atoms with Gasteiger partial charge >= 0.3 is 5.97 Å². The fraction of sp³-hybridized carbons (Fsp3) is 0.364. The first kappa shape index (κ1) is 16.9. The molecule has 21 heavy (non-hydrogen) atoms. The molecule has 0 spiro atoms. The smallest absolute Gasteiger partial charge is 0.318 e. The first-order valence-corrected chi connectivity index (χ1v) is 7.22. The lowest BCUT2D eigenvalue weighted by Crippen LogP contribution is -2.35. The van der Waals surface area contributed by atoms with E-state index in [0.717, 1.165) is 18.2 Å². The number of aliphatic carboxylic acids is 1. The maximum Gasteiger partial charge on any atom is 0.318 e. The predicted molar refractivity (Wildman–Crippen MR) is 71.7 cm³/mol. The number of benzene rings is 1. The van der Waals surface area contributed by atoms with Crippen LogP contribution in [0, 0.1) is 10.1 Å². The molecule has 1 rings (SSSR count). The number of carboxylic acids is 1. The molecule has 0 aliphatic rings. The van der Waals surface area contributed by atoms with E-state index in [4.69, 9.17) is 9.84 Å². The van der Waals surface area contributed by atoms with Gasteiger partial charge in [-0.2, -0.15) is 4.31 Å². The second kappa shape index (κ2) is 6.50. The molecule has 0 aromatic heterocycles. The van der Waals surface area contributed by atoms with Gasteiger partial charge in [0.05, 0.1) is 12.0 Å². The lowest BCUT2D eigenvalue weighted by atomic mass is 10.3. The number of nitro benzene ring substituents is 1. The van der Waals surface area contributed by atoms with Gasteiger partial charge in [0.25, 0.3) is 5.69 Å². The lowest BCUT2D eigenvalue weighted by molar-refractivity contribution is -0.385. The van der Waals surface area contributed by atoms with Crippen LogP contribution >= 0.6 is 0 Å². The van der Waals surface area contributed by atoms with E-state index in [9.17, 15) is 23.3 Å². The summed E-state index contributed by atoms with van der Waals surface area (Å²) in [6.45, 7) is 0.621. The molecule has 0 amide bonds. The van der Waals surface area contributed by atoms with E-state index in [0.29, 0.717) is 4.31 Å². The summed E-state index contributed by atoms with van der Waals surface area (Å²) < 4.78 is 30.4. The number of hydrogen-bond acceptors (Lipinski definition) is 6. The number of nitrogens with zero attached hydrogens (tertiary/aromatic N) is 2. The summed E-state index contributed by atoms with van der Waals surface area (Å²) in [4.78, 5) is 20.3. The Hall–Kier alpha value is -2.20. The second-order valence-electron chi connectivity index (χ2n) is 3.92.